The van der Waals surface area contributed by atoms with Crippen LogP contribution in [-0.4, -0.2) is 58.7 Å². The van der Waals surface area contributed by atoms with E-state index in [-0.39, 0.29) is 0 Å². The highest BCUT2D eigenvalue weighted by Crippen LogP contribution is 2.34. The van der Waals surface area contributed by atoms with Crippen molar-refractivity contribution in [3.63, 3.8) is 0 Å². The summed E-state index contributed by atoms with van der Waals surface area (Å²) in [6.45, 7) is 2.31. The second kappa shape index (κ2) is 9.64. The third-order valence-corrected chi connectivity index (χ3v) is 6.01. The van der Waals surface area contributed by atoms with Gasteiger partial charge in [-0.25, -0.2) is 9.97 Å². The lowest BCUT2D eigenvalue weighted by Crippen LogP contribution is -2.31. The van der Waals surface area contributed by atoms with Crippen LogP contribution < -0.4 is 14.4 Å². The fourth-order valence-electron chi connectivity index (χ4n) is 4.22. The van der Waals surface area contributed by atoms with Crippen LogP contribution in [0.15, 0.2) is 48.9 Å². The molecule has 9 nitrogen and oxygen atoms in total. The van der Waals surface area contributed by atoms with Crippen molar-refractivity contribution < 1.29 is 14.2 Å². The Kier molecular flexibility index (Phi) is 6.27. The molecule has 0 amide bonds. The summed E-state index contributed by atoms with van der Waals surface area (Å²) < 4.78 is 18.6. The highest BCUT2D eigenvalue weighted by molar-refractivity contribution is 5.77. The Morgan fingerprint density at radius 3 is 2.59 bits per heavy atom. The number of nitrogens with zero attached hydrogens (tertiary/aromatic N) is 6. The molecule has 1 atom stereocenters. The number of aromatic nitrogens is 5. The van der Waals surface area contributed by atoms with E-state index in [0.29, 0.717) is 11.6 Å². The minimum absolute atomic E-state index is 0.385. The third-order valence-electron chi connectivity index (χ3n) is 6.01. The summed E-state index contributed by atoms with van der Waals surface area (Å²) in [4.78, 5) is 16.5. The van der Waals surface area contributed by atoms with Gasteiger partial charge in [0.1, 0.15) is 22.8 Å². The van der Waals surface area contributed by atoms with Crippen LogP contribution in [0.5, 0.6) is 11.5 Å². The molecule has 4 aromatic rings. The lowest BCUT2D eigenvalue weighted by molar-refractivity contribution is 0.0580. The molecule has 1 fully saturated rings. The monoisotopic (exact) mass is 460 g/mol. The van der Waals surface area contributed by atoms with Crippen LogP contribution in [0.2, 0.25) is 0 Å². The summed E-state index contributed by atoms with van der Waals surface area (Å²) in [7, 11) is 5.19. The standard InChI is InChI=1S/C25H28N6O3/c1-30-15-18(12-27-30)23-13-26-22-6-7-24(29-25(22)28-23)31(14-17-5-4-8-34-16-17)19-9-20(32-2)11-21(10-19)33-3/h6-7,9-13,15,17H,4-5,8,14,16H2,1-3H3. The van der Waals surface area contributed by atoms with Gasteiger partial charge in [0.05, 0.1) is 38.9 Å². The molecule has 1 aliphatic rings. The van der Waals surface area contributed by atoms with Gasteiger partial charge in [-0.2, -0.15) is 5.10 Å². The van der Waals surface area contributed by atoms with E-state index in [1.165, 1.54) is 0 Å². The smallest absolute Gasteiger partial charge is 0.180 e. The Hall–Kier alpha value is -3.72. The molecule has 0 saturated carbocycles. The predicted octanol–water partition coefficient (Wildman–Crippen LogP) is 4.01. The zero-order valence-electron chi connectivity index (χ0n) is 19.6. The number of benzene rings is 1. The topological polar surface area (TPSA) is 87.4 Å². The molecule has 5 rings (SSSR count). The van der Waals surface area contributed by atoms with Crippen molar-refractivity contribution in [2.75, 3.05) is 38.9 Å². The summed E-state index contributed by atoms with van der Waals surface area (Å²) in [5.41, 5.74) is 3.89. The first-order valence-corrected chi connectivity index (χ1v) is 11.3. The van der Waals surface area contributed by atoms with E-state index in [2.05, 4.69) is 15.0 Å². The number of pyridine rings is 1. The minimum Gasteiger partial charge on any atom is -0.497 e. The van der Waals surface area contributed by atoms with E-state index in [1.807, 2.05) is 43.6 Å². The molecule has 1 aliphatic heterocycles. The first-order valence-electron chi connectivity index (χ1n) is 11.3. The minimum atomic E-state index is 0.385. The highest BCUT2D eigenvalue weighted by atomic mass is 16.5. The number of anilines is 2. The SMILES string of the molecule is COc1cc(OC)cc(N(CC2CCCOC2)c2ccc3ncc(-c4cnn(C)c4)nc3n2)c1. The number of fused-ring (bicyclic) bond motifs is 1. The molecule has 1 aromatic carbocycles. The molecular weight excluding hydrogens is 432 g/mol. The Morgan fingerprint density at radius 2 is 1.91 bits per heavy atom. The molecule has 3 aromatic heterocycles. The van der Waals surface area contributed by atoms with Gasteiger partial charge in [-0.15, -0.1) is 0 Å². The van der Waals surface area contributed by atoms with Gasteiger partial charge < -0.3 is 19.1 Å². The molecule has 1 saturated heterocycles. The summed E-state index contributed by atoms with van der Waals surface area (Å²) in [5.74, 6) is 2.61. The molecule has 4 heterocycles. The second-order valence-corrected chi connectivity index (χ2v) is 8.43. The summed E-state index contributed by atoms with van der Waals surface area (Å²) in [6.07, 6.45) is 7.61. The molecule has 0 N–H and O–H groups in total. The van der Waals surface area contributed by atoms with Gasteiger partial charge in [0, 0.05) is 61.8 Å². The maximum atomic E-state index is 5.75. The van der Waals surface area contributed by atoms with Gasteiger partial charge in [-0.1, -0.05) is 0 Å². The van der Waals surface area contributed by atoms with E-state index < -0.39 is 0 Å². The van der Waals surface area contributed by atoms with Crippen LogP contribution in [0.25, 0.3) is 22.4 Å². The molecule has 0 spiro atoms. The summed E-state index contributed by atoms with van der Waals surface area (Å²) >= 11 is 0. The molecule has 0 radical (unpaired) electrons. The van der Waals surface area contributed by atoms with Crippen LogP contribution >= 0.6 is 0 Å². The maximum Gasteiger partial charge on any atom is 0.180 e. The Morgan fingerprint density at radius 1 is 1.09 bits per heavy atom. The van der Waals surface area contributed by atoms with Crippen molar-refractivity contribution in [2.24, 2.45) is 13.0 Å². The fourth-order valence-corrected chi connectivity index (χ4v) is 4.22. The lowest BCUT2D eigenvalue weighted by Gasteiger charge is -2.31. The first-order chi connectivity index (χ1) is 16.6. The normalized spacial score (nSPS) is 15.9. The van der Waals surface area contributed by atoms with Gasteiger partial charge >= 0.3 is 0 Å². The zero-order chi connectivity index (χ0) is 23.5. The van der Waals surface area contributed by atoms with Crippen LogP contribution in [0.4, 0.5) is 11.5 Å². The van der Waals surface area contributed by atoms with Crippen molar-refractivity contribution in [1.82, 2.24) is 24.7 Å². The molecule has 0 bridgehead atoms. The largest absolute Gasteiger partial charge is 0.497 e. The maximum absolute atomic E-state index is 5.75. The summed E-state index contributed by atoms with van der Waals surface area (Å²) in [6, 6.07) is 9.80. The van der Waals surface area contributed by atoms with Gasteiger partial charge in [0.15, 0.2) is 5.65 Å². The van der Waals surface area contributed by atoms with E-state index in [0.717, 1.165) is 72.4 Å². The van der Waals surface area contributed by atoms with Crippen LogP contribution in [0.1, 0.15) is 12.8 Å². The number of hydrogen-bond donors (Lipinski definition) is 0. The number of hydrogen-bond acceptors (Lipinski definition) is 8. The zero-order valence-corrected chi connectivity index (χ0v) is 19.6. The van der Waals surface area contributed by atoms with E-state index in [9.17, 15) is 0 Å². The van der Waals surface area contributed by atoms with E-state index in [1.54, 1.807) is 31.3 Å². The Balaban J connectivity index is 1.57. The summed E-state index contributed by atoms with van der Waals surface area (Å²) in [5, 5.41) is 4.24. The van der Waals surface area contributed by atoms with Crippen molar-refractivity contribution in [3.8, 4) is 22.8 Å². The second-order valence-electron chi connectivity index (χ2n) is 8.43. The molecular formula is C25H28N6O3. The molecule has 9 heteroatoms. The average Bonchev–Trinajstić information content (AvgIpc) is 3.33. The Bertz CT molecular complexity index is 1260. The van der Waals surface area contributed by atoms with Gasteiger partial charge in [0.25, 0.3) is 0 Å². The van der Waals surface area contributed by atoms with Gasteiger partial charge in [-0.05, 0) is 25.0 Å². The number of aryl methyl sites for hydroxylation is 1. The van der Waals surface area contributed by atoms with Crippen molar-refractivity contribution in [2.45, 2.75) is 12.8 Å². The van der Waals surface area contributed by atoms with Crippen molar-refractivity contribution in [1.29, 1.82) is 0 Å². The van der Waals surface area contributed by atoms with E-state index >= 15 is 0 Å². The molecule has 1 unspecified atom stereocenters. The first kappa shape index (κ1) is 22.1. The third kappa shape index (κ3) is 4.65. The number of rotatable bonds is 7. The molecule has 176 valence electrons. The number of ether oxygens (including phenoxy) is 3. The van der Waals surface area contributed by atoms with E-state index in [4.69, 9.17) is 24.2 Å². The average molecular weight is 461 g/mol. The van der Waals surface area contributed by atoms with Crippen molar-refractivity contribution >= 4 is 22.7 Å². The molecule has 0 aliphatic carbocycles. The molecule has 34 heavy (non-hydrogen) atoms. The van der Waals surface area contributed by atoms with Crippen LogP contribution in [0, 0.1) is 5.92 Å². The Labute approximate surface area is 198 Å². The van der Waals surface area contributed by atoms with Crippen molar-refractivity contribution in [3.05, 3.63) is 48.9 Å². The quantitative estimate of drug-likeness (QED) is 0.409. The lowest BCUT2D eigenvalue weighted by atomic mass is 10.0. The van der Waals surface area contributed by atoms with Crippen LogP contribution in [-0.2, 0) is 11.8 Å². The van der Waals surface area contributed by atoms with Gasteiger partial charge in [0.2, 0.25) is 0 Å². The number of methoxy groups -OCH3 is 2. The fraction of sp³-hybridized carbons (Fsp3) is 0.360. The predicted molar refractivity (Wildman–Crippen MR) is 130 cm³/mol. The van der Waals surface area contributed by atoms with Crippen LogP contribution in [0.3, 0.4) is 0 Å². The van der Waals surface area contributed by atoms with Gasteiger partial charge in [-0.3, -0.25) is 9.67 Å². The highest BCUT2D eigenvalue weighted by Gasteiger charge is 2.22.